The highest BCUT2D eigenvalue weighted by molar-refractivity contribution is 5.26. The molecule has 1 heterocycles. The fourth-order valence-electron chi connectivity index (χ4n) is 1.20. The van der Waals surface area contributed by atoms with Crippen molar-refractivity contribution in [3.8, 4) is 5.88 Å². The van der Waals surface area contributed by atoms with Crippen molar-refractivity contribution in [3.63, 3.8) is 0 Å². The third-order valence-electron chi connectivity index (χ3n) is 1.96. The Hall–Kier alpha value is -2.17. The molecule has 0 saturated carbocycles. The fourth-order valence-corrected chi connectivity index (χ4v) is 1.20. The van der Waals surface area contributed by atoms with Gasteiger partial charge in [0.1, 0.15) is 18.2 Å². The molecule has 0 aliphatic carbocycles. The Balaban J connectivity index is 2.05. The molecule has 82 valence electrons. The molecule has 4 nitrogen and oxygen atoms in total. The number of ether oxygens (including phenoxy) is 1. The highest BCUT2D eigenvalue weighted by Gasteiger charge is 2.02. The van der Waals surface area contributed by atoms with Crippen LogP contribution >= 0.6 is 0 Å². The van der Waals surface area contributed by atoms with Gasteiger partial charge in [0.05, 0.1) is 12.4 Å². The van der Waals surface area contributed by atoms with Gasteiger partial charge >= 0.3 is 0 Å². The number of hydrogen-bond donors (Lipinski definition) is 1. The lowest BCUT2D eigenvalue weighted by molar-refractivity contribution is 0.287. The van der Waals surface area contributed by atoms with Gasteiger partial charge in [-0.05, 0) is 6.07 Å². The Morgan fingerprint density at radius 1 is 1.25 bits per heavy atom. The minimum absolute atomic E-state index is 0.102. The SMILES string of the molecule is Nc1cncc(OCc2ccccc2F)n1. The van der Waals surface area contributed by atoms with Crippen molar-refractivity contribution < 1.29 is 9.13 Å². The first-order chi connectivity index (χ1) is 7.75. The van der Waals surface area contributed by atoms with Crippen LogP contribution in [0.1, 0.15) is 5.56 Å². The Bertz CT molecular complexity index is 490. The summed E-state index contributed by atoms with van der Waals surface area (Å²) < 4.78 is 18.5. The topological polar surface area (TPSA) is 61.0 Å². The van der Waals surface area contributed by atoms with E-state index in [1.54, 1.807) is 18.2 Å². The van der Waals surface area contributed by atoms with E-state index in [0.29, 0.717) is 5.56 Å². The molecule has 0 amide bonds. The maximum Gasteiger partial charge on any atom is 0.234 e. The molecule has 2 aromatic rings. The van der Waals surface area contributed by atoms with Crippen LogP contribution in [0.25, 0.3) is 0 Å². The quantitative estimate of drug-likeness (QED) is 0.854. The molecule has 0 spiro atoms. The van der Waals surface area contributed by atoms with Crippen molar-refractivity contribution in [3.05, 3.63) is 48.0 Å². The normalized spacial score (nSPS) is 10.1. The van der Waals surface area contributed by atoms with Crippen LogP contribution in [0.5, 0.6) is 5.88 Å². The third-order valence-corrected chi connectivity index (χ3v) is 1.96. The monoisotopic (exact) mass is 219 g/mol. The molecular formula is C11H10FN3O. The summed E-state index contributed by atoms with van der Waals surface area (Å²) in [6.45, 7) is 0.102. The Morgan fingerprint density at radius 3 is 2.81 bits per heavy atom. The van der Waals surface area contributed by atoms with Gasteiger partial charge in [0.25, 0.3) is 0 Å². The Labute approximate surface area is 91.9 Å². The van der Waals surface area contributed by atoms with Crippen LogP contribution in [0.2, 0.25) is 0 Å². The molecule has 0 aliphatic rings. The van der Waals surface area contributed by atoms with E-state index in [2.05, 4.69) is 9.97 Å². The van der Waals surface area contributed by atoms with Crippen molar-refractivity contribution in [1.82, 2.24) is 9.97 Å². The van der Waals surface area contributed by atoms with E-state index in [-0.39, 0.29) is 24.1 Å². The number of nitrogen functional groups attached to an aromatic ring is 1. The van der Waals surface area contributed by atoms with E-state index < -0.39 is 0 Å². The second-order valence-electron chi connectivity index (χ2n) is 3.16. The number of halogens is 1. The van der Waals surface area contributed by atoms with Crippen LogP contribution in [0.3, 0.4) is 0 Å². The summed E-state index contributed by atoms with van der Waals surface area (Å²) in [5.41, 5.74) is 5.89. The lowest BCUT2D eigenvalue weighted by Gasteiger charge is -2.05. The van der Waals surface area contributed by atoms with Crippen LogP contribution in [-0.4, -0.2) is 9.97 Å². The number of aromatic nitrogens is 2. The van der Waals surface area contributed by atoms with Crippen LogP contribution in [0, 0.1) is 5.82 Å². The summed E-state index contributed by atoms with van der Waals surface area (Å²) in [6, 6.07) is 6.39. The van der Waals surface area contributed by atoms with Crippen molar-refractivity contribution in [1.29, 1.82) is 0 Å². The maximum atomic E-state index is 13.2. The average Bonchev–Trinajstić information content (AvgIpc) is 2.28. The standard InChI is InChI=1S/C11H10FN3O/c12-9-4-2-1-3-8(9)7-16-11-6-14-5-10(13)15-11/h1-6H,7H2,(H2,13,15). The van der Waals surface area contributed by atoms with Gasteiger partial charge < -0.3 is 10.5 Å². The van der Waals surface area contributed by atoms with Crippen LogP contribution in [-0.2, 0) is 6.61 Å². The van der Waals surface area contributed by atoms with Crippen molar-refractivity contribution in [2.45, 2.75) is 6.61 Å². The summed E-state index contributed by atoms with van der Waals surface area (Å²) in [5.74, 6) is 0.244. The van der Waals surface area contributed by atoms with Gasteiger partial charge in [0.2, 0.25) is 5.88 Å². The smallest absolute Gasteiger partial charge is 0.234 e. The molecule has 2 N–H and O–H groups in total. The van der Waals surface area contributed by atoms with Gasteiger partial charge in [0.15, 0.2) is 0 Å². The first kappa shape index (κ1) is 10.4. The van der Waals surface area contributed by atoms with Crippen LogP contribution in [0.4, 0.5) is 10.2 Å². The van der Waals surface area contributed by atoms with E-state index in [9.17, 15) is 4.39 Å². The van der Waals surface area contributed by atoms with E-state index in [1.165, 1.54) is 18.5 Å². The molecule has 0 bridgehead atoms. The predicted octanol–water partition coefficient (Wildman–Crippen LogP) is 1.78. The maximum absolute atomic E-state index is 13.2. The third kappa shape index (κ3) is 2.44. The second kappa shape index (κ2) is 4.57. The fraction of sp³-hybridized carbons (Fsp3) is 0.0909. The van der Waals surface area contributed by atoms with Crippen LogP contribution < -0.4 is 10.5 Å². The zero-order valence-electron chi connectivity index (χ0n) is 8.43. The van der Waals surface area contributed by atoms with Gasteiger partial charge in [-0.15, -0.1) is 0 Å². The molecule has 5 heteroatoms. The van der Waals surface area contributed by atoms with Gasteiger partial charge in [-0.3, -0.25) is 4.98 Å². The Morgan fingerprint density at radius 2 is 2.06 bits per heavy atom. The molecular weight excluding hydrogens is 209 g/mol. The van der Waals surface area contributed by atoms with Crippen molar-refractivity contribution >= 4 is 5.82 Å². The summed E-state index contributed by atoms with van der Waals surface area (Å²) in [5, 5.41) is 0. The number of nitrogens with zero attached hydrogens (tertiary/aromatic N) is 2. The first-order valence-corrected chi connectivity index (χ1v) is 4.69. The number of hydrogen-bond acceptors (Lipinski definition) is 4. The Kier molecular flexibility index (Phi) is 2.95. The van der Waals surface area contributed by atoms with Gasteiger partial charge in [-0.1, -0.05) is 18.2 Å². The van der Waals surface area contributed by atoms with E-state index in [0.717, 1.165) is 0 Å². The molecule has 0 atom stereocenters. The zero-order valence-corrected chi connectivity index (χ0v) is 8.43. The number of rotatable bonds is 3. The highest BCUT2D eigenvalue weighted by atomic mass is 19.1. The van der Waals surface area contributed by atoms with E-state index in [4.69, 9.17) is 10.5 Å². The zero-order chi connectivity index (χ0) is 11.4. The summed E-state index contributed by atoms with van der Waals surface area (Å²) >= 11 is 0. The lowest BCUT2D eigenvalue weighted by atomic mass is 10.2. The number of nitrogens with two attached hydrogens (primary N) is 1. The minimum atomic E-state index is -0.306. The number of benzene rings is 1. The summed E-state index contributed by atoms with van der Waals surface area (Å²) in [7, 11) is 0. The highest BCUT2D eigenvalue weighted by Crippen LogP contribution is 2.11. The molecule has 0 unspecified atom stereocenters. The second-order valence-corrected chi connectivity index (χ2v) is 3.16. The molecule has 0 saturated heterocycles. The van der Waals surface area contributed by atoms with E-state index in [1.807, 2.05) is 0 Å². The van der Waals surface area contributed by atoms with Crippen molar-refractivity contribution in [2.75, 3.05) is 5.73 Å². The molecule has 0 radical (unpaired) electrons. The lowest BCUT2D eigenvalue weighted by Crippen LogP contribution is -2.01. The van der Waals surface area contributed by atoms with Crippen LogP contribution in [0.15, 0.2) is 36.7 Å². The van der Waals surface area contributed by atoms with E-state index >= 15 is 0 Å². The number of anilines is 1. The first-order valence-electron chi connectivity index (χ1n) is 4.69. The largest absolute Gasteiger partial charge is 0.472 e. The van der Waals surface area contributed by atoms with Gasteiger partial charge in [-0.25, -0.2) is 4.39 Å². The van der Waals surface area contributed by atoms with Gasteiger partial charge in [-0.2, -0.15) is 4.98 Å². The molecule has 2 rings (SSSR count). The molecule has 0 aliphatic heterocycles. The van der Waals surface area contributed by atoms with Gasteiger partial charge in [0, 0.05) is 5.56 Å². The minimum Gasteiger partial charge on any atom is -0.472 e. The average molecular weight is 219 g/mol. The summed E-state index contributed by atoms with van der Waals surface area (Å²) in [4.78, 5) is 7.70. The molecule has 16 heavy (non-hydrogen) atoms. The summed E-state index contributed by atoms with van der Waals surface area (Å²) in [6.07, 6.45) is 2.84. The van der Waals surface area contributed by atoms with Crippen molar-refractivity contribution in [2.24, 2.45) is 0 Å². The predicted molar refractivity (Wildman–Crippen MR) is 57.2 cm³/mol. The molecule has 0 fully saturated rings. The molecule has 1 aromatic carbocycles. The molecule has 1 aromatic heterocycles.